The molecule has 6 atom stereocenters. The maximum Gasteiger partial charge on any atom is 0.255 e. The summed E-state index contributed by atoms with van der Waals surface area (Å²) in [6.07, 6.45) is 27.1. The van der Waals surface area contributed by atoms with Crippen LogP contribution in [0.3, 0.4) is 0 Å². The van der Waals surface area contributed by atoms with E-state index in [2.05, 4.69) is 10.6 Å². The van der Waals surface area contributed by atoms with Crippen molar-refractivity contribution < 1.29 is 48.4 Å². The number of nitrogens with one attached hydrogen (secondary N) is 2. The van der Waals surface area contributed by atoms with Gasteiger partial charge in [-0.25, -0.2) is 8.78 Å². The molecule has 0 spiro atoms. The van der Waals surface area contributed by atoms with Gasteiger partial charge in [0.1, 0.15) is 34.7 Å². The van der Waals surface area contributed by atoms with Gasteiger partial charge in [-0.2, -0.15) is 0 Å². The third-order valence-electron chi connectivity index (χ3n) is 18.0. The molecule has 0 heterocycles. The van der Waals surface area contributed by atoms with E-state index < -0.39 is 59.2 Å². The SMILES string of the molecule is O=C(N[C@@H](Cc1ccccc1)[C@@H](O)C[C@@H](CC(=O)C1CCCCC1)C1CCCCC1)c1ccc(F)cc1O.O=C(N[C@@H](Cc1ccccc1)[C@@H](O)C[C@H](CCCC1CCCCC1)CC(=O)C1CCCCC1)c1ccc(F)cc1O. The van der Waals surface area contributed by atoms with Gasteiger partial charge in [0.15, 0.2) is 0 Å². The summed E-state index contributed by atoms with van der Waals surface area (Å²) >= 11 is 0. The molecule has 10 nitrogen and oxygen atoms in total. The molecular weight excluding hydrogens is 999 g/mol. The number of phenolic OH excluding ortho intramolecular Hbond substituents is 2. The van der Waals surface area contributed by atoms with Crippen LogP contribution in [0.25, 0.3) is 0 Å². The molecule has 4 fully saturated rings. The van der Waals surface area contributed by atoms with Gasteiger partial charge < -0.3 is 31.1 Å². The highest BCUT2D eigenvalue weighted by molar-refractivity contribution is 5.97. The highest BCUT2D eigenvalue weighted by atomic mass is 19.1. The zero-order valence-corrected chi connectivity index (χ0v) is 46.7. The first-order valence-corrected chi connectivity index (χ1v) is 30.4. The normalized spacial score (nSPS) is 19.1. The molecule has 79 heavy (non-hydrogen) atoms. The Bertz CT molecular complexity index is 2490. The van der Waals surface area contributed by atoms with Gasteiger partial charge in [-0.1, -0.05) is 176 Å². The molecule has 0 unspecified atom stereocenters. The number of rotatable bonds is 25. The Morgan fingerprint density at radius 1 is 0.506 bits per heavy atom. The zero-order chi connectivity index (χ0) is 55.9. The maximum atomic E-state index is 13.5. The zero-order valence-electron chi connectivity index (χ0n) is 46.7. The summed E-state index contributed by atoms with van der Waals surface area (Å²) in [4.78, 5) is 52.9. The van der Waals surface area contributed by atoms with Crippen LogP contribution in [0.5, 0.6) is 11.5 Å². The fourth-order valence-corrected chi connectivity index (χ4v) is 13.4. The van der Waals surface area contributed by atoms with E-state index >= 15 is 0 Å². The van der Waals surface area contributed by atoms with Gasteiger partial charge >= 0.3 is 0 Å². The van der Waals surface area contributed by atoms with Gasteiger partial charge in [0.05, 0.1) is 35.4 Å². The number of Topliss-reactive ketones (excluding diaryl/α,β-unsaturated/α-hetero) is 2. The number of ketones is 2. The van der Waals surface area contributed by atoms with Crippen LogP contribution in [-0.2, 0) is 22.4 Å². The van der Waals surface area contributed by atoms with Crippen molar-refractivity contribution in [2.24, 2.45) is 35.5 Å². The lowest BCUT2D eigenvalue weighted by Crippen LogP contribution is -2.46. The van der Waals surface area contributed by atoms with E-state index in [1.807, 2.05) is 60.7 Å². The van der Waals surface area contributed by atoms with Crippen molar-refractivity contribution in [3.8, 4) is 11.5 Å². The highest BCUT2D eigenvalue weighted by Crippen LogP contribution is 2.38. The number of carbonyl (C=O) groups excluding carboxylic acids is 4. The second-order valence-electron chi connectivity index (χ2n) is 23.9. The predicted octanol–water partition coefficient (Wildman–Crippen LogP) is 13.9. The first-order valence-electron chi connectivity index (χ1n) is 30.4. The fourth-order valence-electron chi connectivity index (χ4n) is 13.4. The molecule has 4 saturated carbocycles. The molecule has 0 aliphatic heterocycles. The van der Waals surface area contributed by atoms with Crippen LogP contribution in [0.15, 0.2) is 97.1 Å². The molecular formula is C67H90F2N2O8. The Hall–Kier alpha value is -5.46. The molecule has 4 aliphatic carbocycles. The number of hydrogen-bond acceptors (Lipinski definition) is 8. The number of benzene rings is 4. The summed E-state index contributed by atoms with van der Waals surface area (Å²) in [7, 11) is 0. The van der Waals surface area contributed by atoms with E-state index in [9.17, 15) is 48.4 Å². The van der Waals surface area contributed by atoms with Gasteiger partial charge in [0.25, 0.3) is 11.8 Å². The topological polar surface area (TPSA) is 173 Å². The second-order valence-corrected chi connectivity index (χ2v) is 23.9. The fraction of sp³-hybridized carbons (Fsp3) is 0.582. The summed E-state index contributed by atoms with van der Waals surface area (Å²) in [5.41, 5.74) is 1.86. The number of amides is 2. The molecule has 0 bridgehead atoms. The van der Waals surface area contributed by atoms with Crippen molar-refractivity contribution in [1.29, 1.82) is 0 Å². The Labute approximate surface area is 469 Å². The lowest BCUT2D eigenvalue weighted by Gasteiger charge is -2.34. The van der Waals surface area contributed by atoms with Gasteiger partial charge in [-0.05, 0) is 117 Å². The van der Waals surface area contributed by atoms with Gasteiger partial charge in [0, 0.05) is 36.8 Å². The van der Waals surface area contributed by atoms with E-state index in [1.165, 1.54) is 69.9 Å². The van der Waals surface area contributed by atoms with Crippen molar-refractivity contribution in [3.05, 3.63) is 131 Å². The number of aliphatic hydroxyl groups is 2. The van der Waals surface area contributed by atoms with Crippen molar-refractivity contribution in [2.45, 2.75) is 210 Å². The monoisotopic (exact) mass is 1090 g/mol. The van der Waals surface area contributed by atoms with Crippen molar-refractivity contribution in [3.63, 3.8) is 0 Å². The quantitative estimate of drug-likeness (QED) is 0.0380. The Morgan fingerprint density at radius 3 is 1.38 bits per heavy atom. The summed E-state index contributed by atoms with van der Waals surface area (Å²) in [5, 5.41) is 49.3. The van der Waals surface area contributed by atoms with Crippen molar-refractivity contribution in [2.75, 3.05) is 0 Å². The first kappa shape index (κ1) is 61.2. The predicted molar refractivity (Wildman–Crippen MR) is 307 cm³/mol. The Kier molecular flexibility index (Phi) is 24.9. The molecule has 8 rings (SSSR count). The second kappa shape index (κ2) is 32.1. The minimum Gasteiger partial charge on any atom is -0.507 e. The van der Waals surface area contributed by atoms with Gasteiger partial charge in [-0.3, -0.25) is 19.2 Å². The Morgan fingerprint density at radius 2 is 0.924 bits per heavy atom. The smallest absolute Gasteiger partial charge is 0.255 e. The number of halogens is 2. The molecule has 4 aromatic carbocycles. The lowest BCUT2D eigenvalue weighted by atomic mass is 9.72. The summed E-state index contributed by atoms with van der Waals surface area (Å²) < 4.78 is 27.0. The summed E-state index contributed by atoms with van der Waals surface area (Å²) in [6, 6.07) is 24.7. The van der Waals surface area contributed by atoms with Gasteiger partial charge in [0.2, 0.25) is 0 Å². The number of phenols is 2. The molecule has 0 radical (unpaired) electrons. The van der Waals surface area contributed by atoms with Crippen LogP contribution in [0, 0.1) is 47.1 Å². The van der Waals surface area contributed by atoms with Crippen molar-refractivity contribution >= 4 is 23.4 Å². The standard InChI is InChI=1S/C35H48FNO4.C32H42FNO4/c36-29-19-20-30(33(39)24-29)35(41)37-31(21-26-13-6-2-7-14-26)34(40)23-27(16-10-15-25-11-4-1-5-12-25)22-32(38)28-17-8-3-9-18-28;33-26-16-17-27(30(36)21-26)32(38)34-28(18-22-10-4-1-5-11-22)31(37)20-25(23-12-6-2-7-13-23)19-29(35)24-14-8-3-9-15-24/h2,6-7,13-14,19-20,24-25,27-28,31,34,39-40H,1,3-5,8-12,15-18,21-23H2,(H,37,41);1,4-5,10-11,16-17,21,23-25,28,31,36-37H,2-3,6-9,12-15,18-20H2,(H,34,38)/t27-,31+,34+;25-,28+,31+/m11/s1. The van der Waals surface area contributed by atoms with E-state index in [1.54, 1.807) is 0 Å². The van der Waals surface area contributed by atoms with E-state index in [0.29, 0.717) is 56.0 Å². The minimum absolute atomic E-state index is 0.0341. The average molecular weight is 1090 g/mol. The minimum atomic E-state index is -0.874. The number of carbonyl (C=O) groups is 4. The summed E-state index contributed by atoms with van der Waals surface area (Å²) in [5.74, 6) is -0.976. The first-order chi connectivity index (χ1) is 38.3. The van der Waals surface area contributed by atoms with E-state index in [4.69, 9.17) is 0 Å². The van der Waals surface area contributed by atoms with Crippen LogP contribution in [0.1, 0.15) is 205 Å². The average Bonchev–Trinajstić information content (AvgIpc) is 3.49. The molecule has 430 valence electrons. The number of aliphatic hydroxyl groups excluding tert-OH is 2. The van der Waals surface area contributed by atoms with E-state index in [0.717, 1.165) is 131 Å². The molecule has 0 aromatic heterocycles. The van der Waals surface area contributed by atoms with Crippen LogP contribution in [-0.4, -0.2) is 68.1 Å². The van der Waals surface area contributed by atoms with E-state index in [-0.39, 0.29) is 34.8 Å². The molecule has 2 amide bonds. The number of hydrogen-bond donors (Lipinski definition) is 6. The van der Waals surface area contributed by atoms with Crippen LogP contribution in [0.2, 0.25) is 0 Å². The Balaban J connectivity index is 0.000000229. The molecule has 12 heteroatoms. The molecule has 0 saturated heterocycles. The maximum absolute atomic E-state index is 13.5. The van der Waals surface area contributed by atoms with Crippen molar-refractivity contribution in [1.82, 2.24) is 10.6 Å². The van der Waals surface area contributed by atoms with Crippen LogP contribution in [0.4, 0.5) is 8.78 Å². The lowest BCUT2D eigenvalue weighted by molar-refractivity contribution is -0.126. The largest absolute Gasteiger partial charge is 0.507 e. The van der Waals surface area contributed by atoms with Gasteiger partial charge in [-0.15, -0.1) is 0 Å². The van der Waals surface area contributed by atoms with Crippen LogP contribution < -0.4 is 10.6 Å². The third kappa shape index (κ3) is 19.9. The number of aromatic hydroxyl groups is 2. The molecule has 6 N–H and O–H groups in total. The molecule has 4 aromatic rings. The van der Waals surface area contributed by atoms with Crippen LogP contribution >= 0.6 is 0 Å². The summed E-state index contributed by atoms with van der Waals surface area (Å²) in [6.45, 7) is 0. The molecule has 4 aliphatic rings. The third-order valence-corrected chi connectivity index (χ3v) is 18.0. The highest BCUT2D eigenvalue weighted by Gasteiger charge is 2.35.